The molecule has 0 radical (unpaired) electrons. The van der Waals surface area contributed by atoms with Crippen molar-refractivity contribution in [2.24, 2.45) is 5.73 Å². The lowest BCUT2D eigenvalue weighted by Crippen LogP contribution is -2.55. The van der Waals surface area contributed by atoms with Gasteiger partial charge in [-0.2, -0.15) is 0 Å². The first-order valence-corrected chi connectivity index (χ1v) is 7.70. The molecule has 0 aromatic heterocycles. The Morgan fingerprint density at radius 1 is 1.38 bits per heavy atom. The second-order valence-electron chi connectivity index (χ2n) is 5.61. The summed E-state index contributed by atoms with van der Waals surface area (Å²) in [6.07, 6.45) is 4.55. The molecule has 2 N–H and O–H groups in total. The molecule has 0 bridgehead atoms. The third kappa shape index (κ3) is 4.41. The van der Waals surface area contributed by atoms with Crippen LogP contribution in [-0.4, -0.2) is 23.4 Å². The summed E-state index contributed by atoms with van der Waals surface area (Å²) in [5.74, 6) is -0.390. The zero-order valence-corrected chi connectivity index (χ0v) is 14.5. The Labute approximate surface area is 139 Å². The molecule has 0 saturated heterocycles. The van der Waals surface area contributed by atoms with E-state index in [1.165, 1.54) is 11.0 Å². The van der Waals surface area contributed by atoms with E-state index in [4.69, 9.17) is 5.73 Å². The van der Waals surface area contributed by atoms with Crippen LogP contribution < -0.4 is 5.73 Å². The van der Waals surface area contributed by atoms with Crippen molar-refractivity contribution in [1.82, 2.24) is 4.90 Å². The predicted octanol–water partition coefficient (Wildman–Crippen LogP) is 3.63. The molecule has 1 aliphatic rings. The average Bonchev–Trinajstić information content (AvgIpc) is 2.43. The summed E-state index contributed by atoms with van der Waals surface area (Å²) >= 11 is 3.32. The number of benzene rings is 1. The molecule has 1 aromatic carbocycles. The molecule has 2 rings (SSSR count). The molecule has 1 fully saturated rings. The molecule has 0 heterocycles. The Balaban J connectivity index is 0.00000220. The van der Waals surface area contributed by atoms with Crippen molar-refractivity contribution in [3.8, 4) is 0 Å². The van der Waals surface area contributed by atoms with Gasteiger partial charge in [0.15, 0.2) is 0 Å². The lowest BCUT2D eigenvalue weighted by molar-refractivity contribution is -0.137. The van der Waals surface area contributed by atoms with E-state index in [1.807, 2.05) is 0 Å². The van der Waals surface area contributed by atoms with Crippen LogP contribution in [0.4, 0.5) is 4.39 Å². The minimum Gasteiger partial charge on any atom is -0.340 e. The van der Waals surface area contributed by atoms with E-state index in [0.29, 0.717) is 5.56 Å². The lowest BCUT2D eigenvalue weighted by atomic mass is 9.81. The summed E-state index contributed by atoms with van der Waals surface area (Å²) in [7, 11) is 1.69. The standard InChI is InChI=1S/C15H20BrFN2O.ClH/c1-19(10-11-9-12(16)5-6-13(11)17)14(20)15(18)7-3-2-4-8-15;/h5-6,9H,2-4,7-8,10,18H2,1H3;1H. The third-order valence-corrected chi connectivity index (χ3v) is 4.43. The molecule has 1 aromatic rings. The third-order valence-electron chi connectivity index (χ3n) is 3.93. The highest BCUT2D eigenvalue weighted by Crippen LogP contribution is 2.28. The van der Waals surface area contributed by atoms with Crippen LogP contribution in [0.2, 0.25) is 0 Å². The van der Waals surface area contributed by atoms with Gasteiger partial charge in [-0.05, 0) is 31.0 Å². The number of halogens is 3. The van der Waals surface area contributed by atoms with Crippen LogP contribution in [0.3, 0.4) is 0 Å². The molecule has 0 atom stereocenters. The van der Waals surface area contributed by atoms with Gasteiger partial charge in [-0.25, -0.2) is 4.39 Å². The van der Waals surface area contributed by atoms with Gasteiger partial charge < -0.3 is 10.6 Å². The van der Waals surface area contributed by atoms with Gasteiger partial charge in [0.05, 0.1) is 5.54 Å². The van der Waals surface area contributed by atoms with Gasteiger partial charge in [-0.3, -0.25) is 4.79 Å². The van der Waals surface area contributed by atoms with E-state index in [1.54, 1.807) is 19.2 Å². The molecular formula is C15H21BrClFN2O. The largest absolute Gasteiger partial charge is 0.340 e. The first kappa shape index (κ1) is 18.4. The topological polar surface area (TPSA) is 46.3 Å². The first-order valence-electron chi connectivity index (χ1n) is 6.91. The highest BCUT2D eigenvalue weighted by atomic mass is 79.9. The normalized spacial score (nSPS) is 17.0. The van der Waals surface area contributed by atoms with E-state index in [2.05, 4.69) is 15.9 Å². The second kappa shape index (κ2) is 7.56. The molecule has 3 nitrogen and oxygen atoms in total. The van der Waals surface area contributed by atoms with Gasteiger partial charge >= 0.3 is 0 Å². The number of carbonyl (C=O) groups excluding carboxylic acids is 1. The monoisotopic (exact) mass is 378 g/mol. The van der Waals surface area contributed by atoms with Gasteiger partial charge in [-0.15, -0.1) is 12.4 Å². The van der Waals surface area contributed by atoms with E-state index < -0.39 is 5.54 Å². The van der Waals surface area contributed by atoms with E-state index in [9.17, 15) is 9.18 Å². The minimum atomic E-state index is -0.768. The number of nitrogens with zero attached hydrogens (tertiary/aromatic N) is 1. The first-order chi connectivity index (χ1) is 9.42. The van der Waals surface area contributed by atoms with Gasteiger partial charge in [0, 0.05) is 23.6 Å². The summed E-state index contributed by atoms with van der Waals surface area (Å²) in [4.78, 5) is 14.0. The molecule has 0 aliphatic heterocycles. The SMILES string of the molecule is CN(Cc1cc(Br)ccc1F)C(=O)C1(N)CCCCC1.Cl. The minimum absolute atomic E-state index is 0. The molecular weight excluding hydrogens is 359 g/mol. The fourth-order valence-electron chi connectivity index (χ4n) is 2.77. The number of nitrogens with two attached hydrogens (primary N) is 1. The Morgan fingerprint density at radius 2 is 2.00 bits per heavy atom. The van der Waals surface area contributed by atoms with E-state index >= 15 is 0 Å². The van der Waals surface area contributed by atoms with Gasteiger partial charge in [0.1, 0.15) is 5.82 Å². The van der Waals surface area contributed by atoms with E-state index in [-0.39, 0.29) is 30.7 Å². The highest BCUT2D eigenvalue weighted by Gasteiger charge is 2.37. The van der Waals surface area contributed by atoms with Crippen LogP contribution in [0, 0.1) is 5.82 Å². The maximum Gasteiger partial charge on any atom is 0.242 e. The molecule has 6 heteroatoms. The molecule has 21 heavy (non-hydrogen) atoms. The maximum absolute atomic E-state index is 13.7. The van der Waals surface area contributed by atoms with Crippen LogP contribution in [-0.2, 0) is 11.3 Å². The van der Waals surface area contributed by atoms with Crippen molar-refractivity contribution in [1.29, 1.82) is 0 Å². The summed E-state index contributed by atoms with van der Waals surface area (Å²) in [6, 6.07) is 4.74. The number of amides is 1. The van der Waals surface area contributed by atoms with Gasteiger partial charge in [-0.1, -0.05) is 35.2 Å². The van der Waals surface area contributed by atoms with Gasteiger partial charge in [0.25, 0.3) is 0 Å². The maximum atomic E-state index is 13.7. The summed E-state index contributed by atoms with van der Waals surface area (Å²) < 4.78 is 14.5. The van der Waals surface area contributed by atoms with Crippen molar-refractivity contribution in [3.63, 3.8) is 0 Å². The summed E-state index contributed by atoms with van der Waals surface area (Å²) in [5.41, 5.74) is 5.96. The Bertz CT molecular complexity index is 506. The van der Waals surface area contributed by atoms with Gasteiger partial charge in [0.2, 0.25) is 5.91 Å². The van der Waals surface area contributed by atoms with Crippen LogP contribution in [0.1, 0.15) is 37.7 Å². The Hall–Kier alpha value is -0.650. The molecule has 1 aliphatic carbocycles. The average molecular weight is 380 g/mol. The van der Waals surface area contributed by atoms with Crippen molar-refractivity contribution in [2.45, 2.75) is 44.2 Å². The van der Waals surface area contributed by atoms with E-state index in [0.717, 1.165) is 36.6 Å². The van der Waals surface area contributed by atoms with Crippen LogP contribution in [0.15, 0.2) is 22.7 Å². The van der Waals surface area contributed by atoms with Crippen LogP contribution >= 0.6 is 28.3 Å². The number of likely N-dealkylation sites (N-methyl/N-ethyl adjacent to an activating group) is 1. The number of carbonyl (C=O) groups is 1. The zero-order valence-electron chi connectivity index (χ0n) is 12.1. The zero-order chi connectivity index (χ0) is 14.8. The smallest absolute Gasteiger partial charge is 0.242 e. The van der Waals surface area contributed by atoms with Crippen molar-refractivity contribution < 1.29 is 9.18 Å². The second-order valence-corrected chi connectivity index (χ2v) is 6.53. The molecule has 0 unspecified atom stereocenters. The molecule has 0 spiro atoms. The lowest BCUT2D eigenvalue weighted by Gasteiger charge is -2.35. The number of rotatable bonds is 3. The fraction of sp³-hybridized carbons (Fsp3) is 0.533. The Kier molecular flexibility index (Phi) is 6.63. The Morgan fingerprint density at radius 3 is 2.62 bits per heavy atom. The van der Waals surface area contributed by atoms with Crippen LogP contribution in [0.25, 0.3) is 0 Å². The quantitative estimate of drug-likeness (QED) is 0.871. The summed E-state index contributed by atoms with van der Waals surface area (Å²) in [5, 5.41) is 0. The van der Waals surface area contributed by atoms with Crippen molar-refractivity contribution >= 4 is 34.2 Å². The molecule has 1 saturated carbocycles. The van der Waals surface area contributed by atoms with Crippen LogP contribution in [0.5, 0.6) is 0 Å². The predicted molar refractivity (Wildman–Crippen MR) is 87.8 cm³/mol. The van der Waals surface area contributed by atoms with Crippen molar-refractivity contribution in [3.05, 3.63) is 34.1 Å². The number of hydrogen-bond donors (Lipinski definition) is 1. The van der Waals surface area contributed by atoms with Crippen molar-refractivity contribution in [2.75, 3.05) is 7.05 Å². The highest BCUT2D eigenvalue weighted by molar-refractivity contribution is 9.10. The summed E-state index contributed by atoms with van der Waals surface area (Å²) in [6.45, 7) is 0.239. The fourth-order valence-corrected chi connectivity index (χ4v) is 3.18. The molecule has 1 amide bonds. The number of hydrogen-bond acceptors (Lipinski definition) is 2. The molecule has 118 valence electrons.